The zero-order chi connectivity index (χ0) is 23.5. The van der Waals surface area contributed by atoms with Crippen LogP contribution in [0.4, 0.5) is 15.9 Å². The van der Waals surface area contributed by atoms with Crippen molar-refractivity contribution in [1.82, 2.24) is 15.0 Å². The van der Waals surface area contributed by atoms with E-state index in [2.05, 4.69) is 31.1 Å². The van der Waals surface area contributed by atoms with Gasteiger partial charge in [0.25, 0.3) is 0 Å². The van der Waals surface area contributed by atoms with E-state index in [1.165, 1.54) is 18.5 Å². The van der Waals surface area contributed by atoms with Crippen molar-refractivity contribution < 1.29 is 13.9 Å². The molecule has 170 valence electrons. The number of benzene rings is 2. The lowest BCUT2D eigenvalue weighted by molar-refractivity contribution is -0.120. The van der Waals surface area contributed by atoms with Crippen LogP contribution in [-0.4, -0.2) is 33.9 Å². The predicted octanol–water partition coefficient (Wildman–Crippen LogP) is 4.73. The SMILES string of the molecule is C#Cc1c[nH]c2ncnc(N3CCC(C(=O)Nc4cccc(Oc5ccc(F)cc5)c4)CC3)c12. The van der Waals surface area contributed by atoms with Crippen molar-refractivity contribution in [3.8, 4) is 23.8 Å². The van der Waals surface area contributed by atoms with Gasteiger partial charge in [0.2, 0.25) is 5.91 Å². The Kier molecular flexibility index (Phi) is 5.83. The monoisotopic (exact) mass is 455 g/mol. The molecule has 0 unspecified atom stereocenters. The van der Waals surface area contributed by atoms with Gasteiger partial charge in [-0.1, -0.05) is 12.0 Å². The molecule has 0 saturated carbocycles. The summed E-state index contributed by atoms with van der Waals surface area (Å²) < 4.78 is 18.9. The number of carbonyl (C=O) groups is 1. The smallest absolute Gasteiger partial charge is 0.227 e. The topological polar surface area (TPSA) is 83.1 Å². The van der Waals surface area contributed by atoms with Crippen molar-refractivity contribution in [1.29, 1.82) is 0 Å². The molecule has 0 atom stereocenters. The van der Waals surface area contributed by atoms with Crippen molar-refractivity contribution in [3.05, 3.63) is 72.4 Å². The fraction of sp³-hybridized carbons (Fsp3) is 0.192. The second kappa shape index (κ2) is 9.24. The van der Waals surface area contributed by atoms with E-state index < -0.39 is 0 Å². The van der Waals surface area contributed by atoms with E-state index in [-0.39, 0.29) is 17.6 Å². The number of H-pyrrole nitrogens is 1. The molecule has 8 heteroatoms. The highest BCUT2D eigenvalue weighted by atomic mass is 19.1. The summed E-state index contributed by atoms with van der Waals surface area (Å²) in [5.41, 5.74) is 2.09. The van der Waals surface area contributed by atoms with Crippen LogP contribution in [0.2, 0.25) is 0 Å². The van der Waals surface area contributed by atoms with E-state index >= 15 is 0 Å². The molecule has 3 heterocycles. The predicted molar refractivity (Wildman–Crippen MR) is 128 cm³/mol. The van der Waals surface area contributed by atoms with Crippen molar-refractivity contribution >= 4 is 28.4 Å². The highest BCUT2D eigenvalue weighted by molar-refractivity contribution is 5.94. The van der Waals surface area contributed by atoms with Crippen LogP contribution in [0, 0.1) is 24.1 Å². The van der Waals surface area contributed by atoms with Gasteiger partial charge in [-0.15, -0.1) is 6.42 Å². The quantitative estimate of drug-likeness (QED) is 0.425. The van der Waals surface area contributed by atoms with Crippen molar-refractivity contribution in [2.75, 3.05) is 23.3 Å². The van der Waals surface area contributed by atoms with E-state index in [9.17, 15) is 9.18 Å². The van der Waals surface area contributed by atoms with Crippen LogP contribution in [0.5, 0.6) is 11.5 Å². The molecule has 0 radical (unpaired) electrons. The maximum absolute atomic E-state index is 13.1. The first-order valence-corrected chi connectivity index (χ1v) is 11.0. The molecule has 1 fully saturated rings. The van der Waals surface area contributed by atoms with Gasteiger partial charge in [0, 0.05) is 37.0 Å². The zero-order valence-corrected chi connectivity index (χ0v) is 18.3. The van der Waals surface area contributed by atoms with Gasteiger partial charge in [0.15, 0.2) is 0 Å². The van der Waals surface area contributed by atoms with Gasteiger partial charge < -0.3 is 19.9 Å². The summed E-state index contributed by atoms with van der Waals surface area (Å²) in [5.74, 6) is 4.08. The number of ether oxygens (including phenoxy) is 1. The lowest BCUT2D eigenvalue weighted by Crippen LogP contribution is -2.38. The largest absolute Gasteiger partial charge is 0.457 e. The summed E-state index contributed by atoms with van der Waals surface area (Å²) in [5, 5.41) is 3.83. The van der Waals surface area contributed by atoms with Crippen molar-refractivity contribution in [2.24, 2.45) is 5.92 Å². The summed E-state index contributed by atoms with van der Waals surface area (Å²) in [4.78, 5) is 26.9. The highest BCUT2D eigenvalue weighted by Crippen LogP contribution is 2.30. The lowest BCUT2D eigenvalue weighted by atomic mass is 9.95. The molecule has 0 bridgehead atoms. The van der Waals surface area contributed by atoms with Gasteiger partial charge in [0.1, 0.15) is 35.1 Å². The third kappa shape index (κ3) is 4.41. The normalized spacial score (nSPS) is 14.1. The number of halogens is 1. The number of amides is 1. The number of nitrogens with zero attached hydrogens (tertiary/aromatic N) is 3. The minimum atomic E-state index is -0.326. The summed E-state index contributed by atoms with van der Waals surface area (Å²) in [6.07, 6.45) is 10.3. The van der Waals surface area contributed by atoms with Crippen LogP contribution in [0.25, 0.3) is 11.0 Å². The Labute approximate surface area is 196 Å². The van der Waals surface area contributed by atoms with E-state index in [1.54, 1.807) is 36.5 Å². The number of aromatic amines is 1. The number of piperidine rings is 1. The van der Waals surface area contributed by atoms with Crippen LogP contribution >= 0.6 is 0 Å². The van der Waals surface area contributed by atoms with Gasteiger partial charge in [0.05, 0.1) is 10.9 Å². The van der Waals surface area contributed by atoms with Gasteiger partial charge in [-0.05, 0) is 49.2 Å². The lowest BCUT2D eigenvalue weighted by Gasteiger charge is -2.32. The first-order valence-electron chi connectivity index (χ1n) is 11.0. The van der Waals surface area contributed by atoms with E-state index in [4.69, 9.17) is 11.2 Å². The number of terminal acetylenes is 1. The molecule has 0 spiro atoms. The Hall–Kier alpha value is -4.38. The second-order valence-corrected chi connectivity index (χ2v) is 8.10. The number of carbonyl (C=O) groups excluding carboxylic acids is 1. The Morgan fingerprint density at radius 1 is 1.15 bits per heavy atom. The van der Waals surface area contributed by atoms with Crippen LogP contribution < -0.4 is 15.0 Å². The summed E-state index contributed by atoms with van der Waals surface area (Å²) >= 11 is 0. The third-order valence-corrected chi connectivity index (χ3v) is 5.92. The molecular weight excluding hydrogens is 433 g/mol. The zero-order valence-electron chi connectivity index (χ0n) is 18.3. The van der Waals surface area contributed by atoms with Gasteiger partial charge >= 0.3 is 0 Å². The molecular formula is C26H22FN5O2. The van der Waals surface area contributed by atoms with Gasteiger partial charge in [-0.25, -0.2) is 14.4 Å². The van der Waals surface area contributed by atoms with Gasteiger partial charge in [-0.3, -0.25) is 4.79 Å². The van der Waals surface area contributed by atoms with Crippen molar-refractivity contribution in [2.45, 2.75) is 12.8 Å². The van der Waals surface area contributed by atoms with E-state index in [0.717, 1.165) is 16.8 Å². The molecule has 4 aromatic rings. The fourth-order valence-electron chi connectivity index (χ4n) is 4.17. The summed E-state index contributed by atoms with van der Waals surface area (Å²) in [6.45, 7) is 1.38. The Bertz CT molecular complexity index is 1370. The molecule has 0 aliphatic carbocycles. The summed E-state index contributed by atoms with van der Waals surface area (Å²) in [6, 6.07) is 12.9. The average Bonchev–Trinajstić information content (AvgIpc) is 3.29. The third-order valence-electron chi connectivity index (χ3n) is 5.92. The molecule has 1 aliphatic rings. The summed E-state index contributed by atoms with van der Waals surface area (Å²) in [7, 11) is 0. The molecule has 34 heavy (non-hydrogen) atoms. The molecule has 2 N–H and O–H groups in total. The molecule has 2 aromatic heterocycles. The molecule has 1 amide bonds. The number of rotatable bonds is 5. The second-order valence-electron chi connectivity index (χ2n) is 8.10. The maximum Gasteiger partial charge on any atom is 0.227 e. The van der Waals surface area contributed by atoms with Crippen LogP contribution in [0.3, 0.4) is 0 Å². The molecule has 7 nitrogen and oxygen atoms in total. The highest BCUT2D eigenvalue weighted by Gasteiger charge is 2.27. The fourth-order valence-corrected chi connectivity index (χ4v) is 4.17. The number of hydrogen-bond acceptors (Lipinski definition) is 5. The number of aromatic nitrogens is 3. The van der Waals surface area contributed by atoms with E-state index in [1.807, 2.05) is 6.07 Å². The molecule has 5 rings (SSSR count). The van der Waals surface area contributed by atoms with Crippen molar-refractivity contribution in [3.63, 3.8) is 0 Å². The first kappa shape index (κ1) is 21.5. The van der Waals surface area contributed by atoms with Gasteiger partial charge in [-0.2, -0.15) is 0 Å². The molecule has 1 aliphatic heterocycles. The number of anilines is 2. The Morgan fingerprint density at radius 2 is 1.94 bits per heavy atom. The Balaban J connectivity index is 1.22. The number of hydrogen-bond donors (Lipinski definition) is 2. The minimum Gasteiger partial charge on any atom is -0.457 e. The Morgan fingerprint density at radius 3 is 2.71 bits per heavy atom. The number of nitrogens with one attached hydrogen (secondary N) is 2. The first-order chi connectivity index (χ1) is 16.6. The molecule has 2 aromatic carbocycles. The maximum atomic E-state index is 13.1. The minimum absolute atomic E-state index is 0.0302. The number of fused-ring (bicyclic) bond motifs is 1. The van der Waals surface area contributed by atoms with Crippen LogP contribution in [-0.2, 0) is 4.79 Å². The molecule has 1 saturated heterocycles. The van der Waals surface area contributed by atoms with Crippen LogP contribution in [0.1, 0.15) is 18.4 Å². The average molecular weight is 455 g/mol. The van der Waals surface area contributed by atoms with Crippen LogP contribution in [0.15, 0.2) is 61.1 Å². The standard InChI is InChI=1S/C26H22FN5O2/c1-2-17-15-28-24-23(17)25(30-16-29-24)32-12-10-18(11-13-32)26(33)31-20-4-3-5-22(14-20)34-21-8-6-19(27)7-9-21/h1,3-9,14-16,18H,10-13H2,(H,31,33)(H,28,29,30). The van der Waals surface area contributed by atoms with E-state index in [0.29, 0.717) is 48.8 Å².